The van der Waals surface area contributed by atoms with Crippen molar-refractivity contribution < 1.29 is 30.0 Å². The largest absolute Gasteiger partial charge is 0.504 e. The average molecular weight is 437 g/mol. The van der Waals surface area contributed by atoms with Gasteiger partial charge in [-0.3, -0.25) is 0 Å². The molecule has 6 nitrogen and oxygen atoms in total. The van der Waals surface area contributed by atoms with Crippen molar-refractivity contribution in [2.75, 3.05) is 6.61 Å². The Balaban J connectivity index is 1.61. The van der Waals surface area contributed by atoms with E-state index in [-0.39, 0.29) is 47.0 Å². The Hall–Kier alpha value is -3.41. The summed E-state index contributed by atoms with van der Waals surface area (Å²) >= 11 is 0. The summed E-state index contributed by atoms with van der Waals surface area (Å²) in [5, 5.41) is 40.5. The minimum Gasteiger partial charge on any atom is -0.504 e. The number of hydrogen-bond donors (Lipinski definition) is 4. The molecular weight excluding hydrogens is 408 g/mol. The van der Waals surface area contributed by atoms with Crippen LogP contribution in [0.15, 0.2) is 36.4 Å². The molecule has 6 heteroatoms. The lowest BCUT2D eigenvalue weighted by molar-refractivity contribution is 0.0238. The predicted octanol–water partition coefficient (Wildman–Crippen LogP) is 5.32. The summed E-state index contributed by atoms with van der Waals surface area (Å²) in [6.45, 7) is 6.12. The van der Waals surface area contributed by atoms with Gasteiger partial charge in [-0.15, -0.1) is 0 Å². The lowest BCUT2D eigenvalue weighted by Crippen LogP contribution is -2.36. The third-order valence-corrected chi connectivity index (χ3v) is 6.62. The Morgan fingerprint density at radius 1 is 1.12 bits per heavy atom. The van der Waals surface area contributed by atoms with Crippen LogP contribution in [0.4, 0.5) is 0 Å². The van der Waals surface area contributed by atoms with Crippen LogP contribution in [-0.2, 0) is 4.74 Å². The van der Waals surface area contributed by atoms with Crippen molar-refractivity contribution in [1.82, 2.24) is 0 Å². The molecule has 0 saturated heterocycles. The molecule has 32 heavy (non-hydrogen) atoms. The molecule has 2 aliphatic carbocycles. The predicted molar refractivity (Wildman–Crippen MR) is 122 cm³/mol. The number of phenols is 4. The number of ether oxygens (including phenoxy) is 1. The van der Waals surface area contributed by atoms with Gasteiger partial charge in [-0.05, 0) is 54.2 Å². The maximum Gasteiger partial charge on any atom is 0.338 e. The van der Waals surface area contributed by atoms with Gasteiger partial charge in [-0.2, -0.15) is 0 Å². The first-order valence-corrected chi connectivity index (χ1v) is 10.8. The van der Waals surface area contributed by atoms with E-state index in [0.717, 1.165) is 24.0 Å². The van der Waals surface area contributed by atoms with Crippen LogP contribution < -0.4 is 0 Å². The molecule has 0 amide bonds. The van der Waals surface area contributed by atoms with Gasteiger partial charge in [0.25, 0.3) is 0 Å². The summed E-state index contributed by atoms with van der Waals surface area (Å²) in [5.41, 5.74) is 2.88. The molecular formula is C26H28O6. The van der Waals surface area contributed by atoms with Crippen LogP contribution in [-0.4, -0.2) is 33.0 Å². The Labute approximate surface area is 187 Å². The van der Waals surface area contributed by atoms with Gasteiger partial charge in [0.2, 0.25) is 0 Å². The van der Waals surface area contributed by atoms with Gasteiger partial charge in [0.05, 0.1) is 12.2 Å². The molecule has 4 N–H and O–H groups in total. The summed E-state index contributed by atoms with van der Waals surface area (Å²) in [6, 6.07) is 5.74. The van der Waals surface area contributed by atoms with Gasteiger partial charge in [0.1, 0.15) is 0 Å². The van der Waals surface area contributed by atoms with Crippen LogP contribution in [0.3, 0.4) is 0 Å². The van der Waals surface area contributed by atoms with E-state index in [1.807, 2.05) is 32.9 Å². The van der Waals surface area contributed by atoms with Crippen molar-refractivity contribution in [3.05, 3.63) is 58.7 Å². The summed E-state index contributed by atoms with van der Waals surface area (Å²) in [7, 11) is 0. The highest BCUT2D eigenvalue weighted by Gasteiger charge is 2.42. The zero-order valence-corrected chi connectivity index (χ0v) is 18.4. The van der Waals surface area contributed by atoms with Crippen molar-refractivity contribution in [2.24, 2.45) is 11.3 Å². The number of allylic oxidation sites excluding steroid dienone is 3. The van der Waals surface area contributed by atoms with Gasteiger partial charge in [0, 0.05) is 22.5 Å². The minimum absolute atomic E-state index is 0.0710. The first kappa shape index (κ1) is 21.8. The molecule has 0 heterocycles. The number of aromatic hydroxyl groups is 4. The summed E-state index contributed by atoms with van der Waals surface area (Å²) in [5.74, 6) is -1.48. The molecule has 0 bridgehead atoms. The number of fused-ring (bicyclic) bond motifs is 3. The van der Waals surface area contributed by atoms with E-state index >= 15 is 0 Å². The second-order valence-corrected chi connectivity index (χ2v) is 9.25. The van der Waals surface area contributed by atoms with Crippen molar-refractivity contribution in [2.45, 2.75) is 39.5 Å². The maximum atomic E-state index is 12.5. The van der Waals surface area contributed by atoms with Crippen molar-refractivity contribution >= 4 is 17.6 Å². The highest BCUT2D eigenvalue weighted by atomic mass is 16.5. The van der Waals surface area contributed by atoms with E-state index in [1.54, 1.807) is 0 Å². The Bertz CT molecular complexity index is 1140. The van der Waals surface area contributed by atoms with E-state index in [1.165, 1.54) is 18.2 Å². The quantitative estimate of drug-likeness (QED) is 0.382. The first-order chi connectivity index (χ1) is 15.1. The monoisotopic (exact) mass is 436 g/mol. The number of phenolic OH excluding ortho intramolecular Hbond substituents is 4. The lowest BCUT2D eigenvalue weighted by Gasteiger charge is -2.42. The molecule has 0 aromatic heterocycles. The minimum atomic E-state index is -0.583. The van der Waals surface area contributed by atoms with Gasteiger partial charge < -0.3 is 25.2 Å². The highest BCUT2D eigenvalue weighted by molar-refractivity contribution is 5.90. The number of benzene rings is 2. The van der Waals surface area contributed by atoms with Crippen molar-refractivity contribution in [1.29, 1.82) is 0 Å². The van der Waals surface area contributed by atoms with E-state index < -0.39 is 11.4 Å². The molecule has 2 aromatic carbocycles. The normalized spacial score (nSPS) is 21.6. The highest BCUT2D eigenvalue weighted by Crippen LogP contribution is 2.54. The lowest BCUT2D eigenvalue weighted by atomic mass is 9.63. The Morgan fingerprint density at radius 3 is 2.56 bits per heavy atom. The molecule has 168 valence electrons. The number of rotatable bonds is 4. The van der Waals surface area contributed by atoms with Crippen molar-refractivity contribution in [3.63, 3.8) is 0 Å². The Kier molecular flexibility index (Phi) is 5.41. The van der Waals surface area contributed by atoms with E-state index in [0.29, 0.717) is 11.1 Å². The zero-order chi connectivity index (χ0) is 23.2. The van der Waals surface area contributed by atoms with Gasteiger partial charge in [0.15, 0.2) is 23.0 Å². The third kappa shape index (κ3) is 3.60. The molecule has 2 atom stereocenters. The number of carbonyl (C=O) groups is 1. The van der Waals surface area contributed by atoms with Crippen LogP contribution in [0.25, 0.3) is 11.6 Å². The van der Waals surface area contributed by atoms with Crippen LogP contribution in [0.1, 0.15) is 66.6 Å². The summed E-state index contributed by atoms with van der Waals surface area (Å²) in [4.78, 5) is 12.5. The van der Waals surface area contributed by atoms with E-state index in [9.17, 15) is 25.2 Å². The topological polar surface area (TPSA) is 107 Å². The Morgan fingerprint density at radius 2 is 1.88 bits per heavy atom. The van der Waals surface area contributed by atoms with Gasteiger partial charge >= 0.3 is 5.97 Å². The molecule has 0 fully saturated rings. The summed E-state index contributed by atoms with van der Waals surface area (Å²) in [6.07, 6.45) is 7.66. The maximum absolute atomic E-state index is 12.5. The molecule has 2 aromatic rings. The van der Waals surface area contributed by atoms with Gasteiger partial charge in [-0.25, -0.2) is 4.79 Å². The fraction of sp³-hybridized carbons (Fsp3) is 0.346. The smallest absolute Gasteiger partial charge is 0.338 e. The van der Waals surface area contributed by atoms with E-state index in [4.69, 9.17) is 4.74 Å². The fourth-order valence-corrected chi connectivity index (χ4v) is 4.71. The van der Waals surface area contributed by atoms with Gasteiger partial charge in [-0.1, -0.05) is 39.0 Å². The molecule has 0 unspecified atom stereocenters. The molecule has 0 radical (unpaired) electrons. The zero-order valence-electron chi connectivity index (χ0n) is 18.4. The third-order valence-electron chi connectivity index (χ3n) is 6.62. The standard InChI is InChI=1S/C26H28O6/c1-14(2)18-11-15-6-8-19-17(22(15)24(30)23(18)29)5-4-10-26(19,3)13-32-25(31)16-7-9-20(27)21(28)12-16/h5-9,11-12,14,19,27-30H,4,10,13H2,1-3H3/t19-,26-/m1/s1. The summed E-state index contributed by atoms with van der Waals surface area (Å²) < 4.78 is 5.60. The number of esters is 1. The molecule has 4 rings (SSSR count). The second-order valence-electron chi connectivity index (χ2n) is 9.25. The number of carbonyl (C=O) groups excluding carboxylic acids is 1. The number of hydrogen-bond acceptors (Lipinski definition) is 6. The van der Waals surface area contributed by atoms with Crippen molar-refractivity contribution in [3.8, 4) is 23.0 Å². The average Bonchev–Trinajstić information content (AvgIpc) is 2.76. The molecule has 0 spiro atoms. The fourth-order valence-electron chi connectivity index (χ4n) is 4.71. The van der Waals surface area contributed by atoms with Crippen LogP contribution >= 0.6 is 0 Å². The van der Waals surface area contributed by atoms with Crippen LogP contribution in [0.5, 0.6) is 23.0 Å². The second kappa shape index (κ2) is 7.93. The van der Waals surface area contributed by atoms with E-state index in [2.05, 4.69) is 12.2 Å². The molecule has 2 aliphatic rings. The van der Waals surface area contributed by atoms with Crippen LogP contribution in [0, 0.1) is 11.3 Å². The first-order valence-electron chi connectivity index (χ1n) is 10.8. The van der Waals surface area contributed by atoms with Crippen LogP contribution in [0.2, 0.25) is 0 Å². The molecule has 0 aliphatic heterocycles. The molecule has 0 saturated carbocycles. The SMILES string of the molecule is CC(C)c1cc2c(c(O)c1O)C1=CCC[C@](C)(COC(=O)c3ccc(O)c(O)c3)[C@@H]1C=C2.